The number of benzene rings is 1. The molecule has 0 aliphatic rings. The summed E-state index contributed by atoms with van der Waals surface area (Å²) in [6.45, 7) is 1.31. The number of halogens is 3. The van der Waals surface area contributed by atoms with Gasteiger partial charge in [-0.2, -0.15) is 13.2 Å². The van der Waals surface area contributed by atoms with Gasteiger partial charge in [0, 0.05) is 16.6 Å². The Morgan fingerprint density at radius 2 is 1.89 bits per heavy atom. The Labute approximate surface area is 156 Å². The van der Waals surface area contributed by atoms with Gasteiger partial charge in [-0.25, -0.2) is 4.98 Å². The van der Waals surface area contributed by atoms with Crippen molar-refractivity contribution in [3.8, 4) is 11.3 Å². The van der Waals surface area contributed by atoms with Gasteiger partial charge >= 0.3 is 6.18 Å². The molecule has 2 aromatic heterocycles. The van der Waals surface area contributed by atoms with Gasteiger partial charge in [0.05, 0.1) is 5.69 Å². The minimum absolute atomic E-state index is 0.316. The number of hydrogen-bond acceptors (Lipinski definition) is 4. The van der Waals surface area contributed by atoms with Gasteiger partial charge in [-0.3, -0.25) is 9.59 Å². The van der Waals surface area contributed by atoms with Crippen molar-refractivity contribution in [1.29, 1.82) is 0 Å². The fourth-order valence-corrected chi connectivity index (χ4v) is 3.36. The molecule has 3 aromatic rings. The lowest BCUT2D eigenvalue weighted by Crippen LogP contribution is -2.31. The van der Waals surface area contributed by atoms with Crippen LogP contribution < -0.4 is 10.9 Å². The van der Waals surface area contributed by atoms with Crippen molar-refractivity contribution >= 4 is 22.4 Å². The van der Waals surface area contributed by atoms with E-state index >= 15 is 0 Å². The number of anilines is 1. The third kappa shape index (κ3) is 4.25. The Bertz CT molecular complexity index is 1030. The van der Waals surface area contributed by atoms with Gasteiger partial charge in [-0.1, -0.05) is 30.3 Å². The normalized spacial score (nSPS) is 11.4. The van der Waals surface area contributed by atoms with Crippen molar-refractivity contribution in [2.75, 3.05) is 5.32 Å². The second-order valence-electron chi connectivity index (χ2n) is 5.69. The molecule has 1 aromatic carbocycles. The van der Waals surface area contributed by atoms with E-state index in [1.807, 2.05) is 37.3 Å². The van der Waals surface area contributed by atoms with Gasteiger partial charge in [-0.05, 0) is 19.1 Å². The number of amides is 1. The Morgan fingerprint density at radius 1 is 1.19 bits per heavy atom. The minimum Gasteiger partial charge on any atom is -0.306 e. The van der Waals surface area contributed by atoms with Gasteiger partial charge in [0.25, 0.3) is 5.56 Å². The zero-order valence-electron chi connectivity index (χ0n) is 14.1. The summed E-state index contributed by atoms with van der Waals surface area (Å²) >= 11 is 1.25. The molecule has 140 valence electrons. The molecule has 9 heteroatoms. The maximum absolute atomic E-state index is 12.8. The van der Waals surface area contributed by atoms with Crippen LogP contribution in [0.3, 0.4) is 0 Å². The Morgan fingerprint density at radius 3 is 2.56 bits per heavy atom. The SMILES string of the molecule is Cc1sc(NC(=O)Cn2cccc(C(F)(F)F)c2=O)nc1-c1ccccc1. The van der Waals surface area contributed by atoms with E-state index in [9.17, 15) is 22.8 Å². The topological polar surface area (TPSA) is 64.0 Å². The molecule has 0 aliphatic carbocycles. The van der Waals surface area contributed by atoms with Crippen LogP contribution in [0.2, 0.25) is 0 Å². The number of rotatable bonds is 4. The van der Waals surface area contributed by atoms with Crippen LogP contribution in [0.5, 0.6) is 0 Å². The highest BCUT2D eigenvalue weighted by molar-refractivity contribution is 7.16. The molecule has 0 atom stereocenters. The van der Waals surface area contributed by atoms with Crippen LogP contribution in [0.4, 0.5) is 18.3 Å². The molecule has 1 N–H and O–H groups in total. The number of nitrogens with one attached hydrogen (secondary N) is 1. The van der Waals surface area contributed by atoms with Crippen LogP contribution in [0.1, 0.15) is 10.4 Å². The summed E-state index contributed by atoms with van der Waals surface area (Å²) in [5, 5.41) is 2.85. The van der Waals surface area contributed by atoms with Gasteiger partial charge < -0.3 is 9.88 Å². The molecule has 1 amide bonds. The molecule has 0 unspecified atom stereocenters. The van der Waals surface area contributed by atoms with Gasteiger partial charge in [0.15, 0.2) is 5.13 Å². The maximum atomic E-state index is 12.8. The van der Waals surface area contributed by atoms with Crippen molar-refractivity contribution in [1.82, 2.24) is 9.55 Å². The molecule has 2 heterocycles. The van der Waals surface area contributed by atoms with Crippen molar-refractivity contribution in [3.63, 3.8) is 0 Å². The molecule has 3 rings (SSSR count). The van der Waals surface area contributed by atoms with E-state index in [2.05, 4.69) is 10.3 Å². The third-order valence-electron chi connectivity index (χ3n) is 3.73. The summed E-state index contributed by atoms with van der Waals surface area (Å²) in [5.74, 6) is -0.634. The molecule has 5 nitrogen and oxygen atoms in total. The number of thiazole rings is 1. The van der Waals surface area contributed by atoms with Crippen LogP contribution >= 0.6 is 11.3 Å². The standard InChI is InChI=1S/C18H14F3N3O2S/c1-11-15(12-6-3-2-4-7-12)23-17(27-11)22-14(25)10-24-9-5-8-13(16(24)26)18(19,20)21/h2-9H,10H2,1H3,(H,22,23,25). The third-order valence-corrected chi connectivity index (χ3v) is 4.62. The summed E-state index contributed by atoms with van der Waals surface area (Å²) in [4.78, 5) is 29.3. The second kappa shape index (κ2) is 7.36. The first-order valence-corrected chi connectivity index (χ1v) is 8.66. The van der Waals surface area contributed by atoms with E-state index in [0.717, 1.165) is 27.3 Å². The molecular weight excluding hydrogens is 379 g/mol. The van der Waals surface area contributed by atoms with E-state index in [1.165, 1.54) is 11.3 Å². The fourth-order valence-electron chi connectivity index (χ4n) is 2.50. The number of hydrogen-bond donors (Lipinski definition) is 1. The zero-order valence-corrected chi connectivity index (χ0v) is 14.9. The largest absolute Gasteiger partial charge is 0.421 e. The summed E-state index contributed by atoms with van der Waals surface area (Å²) in [6, 6.07) is 11.1. The van der Waals surface area contributed by atoms with Crippen molar-refractivity contribution < 1.29 is 18.0 Å². The van der Waals surface area contributed by atoms with Crippen LogP contribution in [0, 0.1) is 6.92 Å². The Kier molecular flexibility index (Phi) is 5.13. The highest BCUT2D eigenvalue weighted by Gasteiger charge is 2.34. The molecule has 27 heavy (non-hydrogen) atoms. The number of carbonyl (C=O) groups is 1. The second-order valence-corrected chi connectivity index (χ2v) is 6.89. The number of aryl methyl sites for hydroxylation is 1. The van der Waals surface area contributed by atoms with Crippen molar-refractivity contribution in [2.24, 2.45) is 0 Å². The number of alkyl halides is 3. The van der Waals surface area contributed by atoms with Crippen LogP contribution in [-0.4, -0.2) is 15.5 Å². The molecule has 0 radical (unpaired) electrons. The highest BCUT2D eigenvalue weighted by Crippen LogP contribution is 2.30. The summed E-state index contributed by atoms with van der Waals surface area (Å²) < 4.78 is 39.1. The monoisotopic (exact) mass is 393 g/mol. The van der Waals surface area contributed by atoms with Crippen LogP contribution in [0.25, 0.3) is 11.3 Å². The Balaban J connectivity index is 1.77. The molecule has 0 fully saturated rings. The van der Waals surface area contributed by atoms with Gasteiger partial charge in [0.2, 0.25) is 5.91 Å². The van der Waals surface area contributed by atoms with E-state index in [-0.39, 0.29) is 0 Å². The highest BCUT2D eigenvalue weighted by atomic mass is 32.1. The van der Waals surface area contributed by atoms with Crippen LogP contribution in [0.15, 0.2) is 53.5 Å². The predicted octanol–water partition coefficient (Wildman–Crippen LogP) is 3.94. The van der Waals surface area contributed by atoms with Gasteiger partial charge in [-0.15, -0.1) is 11.3 Å². The first-order valence-electron chi connectivity index (χ1n) is 7.85. The average Bonchev–Trinajstić information content (AvgIpc) is 2.96. The Hall–Kier alpha value is -2.94. The predicted molar refractivity (Wildman–Crippen MR) is 96.6 cm³/mol. The van der Waals surface area contributed by atoms with E-state index in [4.69, 9.17) is 0 Å². The van der Waals surface area contributed by atoms with E-state index in [0.29, 0.717) is 16.9 Å². The van der Waals surface area contributed by atoms with Crippen molar-refractivity contribution in [3.05, 3.63) is 69.5 Å². The average molecular weight is 393 g/mol. The minimum atomic E-state index is -4.77. The first-order chi connectivity index (χ1) is 12.8. The number of nitrogens with zero attached hydrogens (tertiary/aromatic N) is 2. The summed E-state index contributed by atoms with van der Waals surface area (Å²) in [7, 11) is 0. The van der Waals surface area contributed by atoms with Crippen molar-refractivity contribution in [2.45, 2.75) is 19.6 Å². The van der Waals surface area contributed by atoms with E-state index < -0.39 is 29.8 Å². The molecule has 0 saturated carbocycles. The lowest BCUT2D eigenvalue weighted by atomic mass is 10.1. The molecule has 0 aliphatic heterocycles. The zero-order chi connectivity index (χ0) is 19.6. The van der Waals surface area contributed by atoms with Gasteiger partial charge in [0.1, 0.15) is 12.1 Å². The molecule has 0 bridgehead atoms. The fraction of sp³-hybridized carbons (Fsp3) is 0.167. The molecular formula is C18H14F3N3O2S. The molecule has 0 saturated heterocycles. The quantitative estimate of drug-likeness (QED) is 0.730. The number of aromatic nitrogens is 2. The summed E-state index contributed by atoms with van der Waals surface area (Å²) in [6.07, 6.45) is -3.63. The van der Waals surface area contributed by atoms with E-state index in [1.54, 1.807) is 0 Å². The number of carbonyl (C=O) groups excluding carboxylic acids is 1. The van der Waals surface area contributed by atoms with Crippen LogP contribution in [-0.2, 0) is 17.5 Å². The smallest absolute Gasteiger partial charge is 0.306 e. The first kappa shape index (κ1) is 18.8. The lowest BCUT2D eigenvalue weighted by molar-refractivity contribution is -0.139. The molecule has 0 spiro atoms. The summed E-state index contributed by atoms with van der Waals surface area (Å²) in [5.41, 5.74) is -0.970. The number of pyridine rings is 1. The maximum Gasteiger partial charge on any atom is 0.421 e. The lowest BCUT2D eigenvalue weighted by Gasteiger charge is -2.09.